The van der Waals surface area contributed by atoms with Crippen LogP contribution in [-0.4, -0.2) is 10.9 Å². The van der Waals surface area contributed by atoms with Gasteiger partial charge in [0.25, 0.3) is 0 Å². The van der Waals surface area contributed by atoms with Gasteiger partial charge in [0.15, 0.2) is 6.29 Å². The van der Waals surface area contributed by atoms with Crippen molar-refractivity contribution in [1.29, 1.82) is 0 Å². The third kappa shape index (κ3) is 4.26. The van der Waals surface area contributed by atoms with Crippen molar-refractivity contribution in [2.24, 2.45) is 0 Å². The minimum absolute atomic E-state index is 0.0997. The van der Waals surface area contributed by atoms with E-state index in [0.717, 1.165) is 54.2 Å². The lowest BCUT2D eigenvalue weighted by Crippen LogP contribution is -2.51. The van der Waals surface area contributed by atoms with Gasteiger partial charge in [-0.1, -0.05) is 67.3 Å². The summed E-state index contributed by atoms with van der Waals surface area (Å²) >= 11 is 0. The number of allylic oxidation sites excluding steroid dienone is 3. The Morgan fingerprint density at radius 1 is 0.778 bits per heavy atom. The molecule has 2 aromatic heterocycles. The SMILES string of the molecule is C=C1CC/C=C\N(C2NCc3oc4c(c3N2)CCC=C4)c2ccc(-c3ccc4c(c3)c3ccccc3n4-c3ccccc3)cc21. The topological polar surface area (TPSA) is 45.4 Å². The van der Waals surface area contributed by atoms with Crippen LogP contribution in [0.2, 0.25) is 0 Å². The summed E-state index contributed by atoms with van der Waals surface area (Å²) in [5, 5.41) is 9.97. The summed E-state index contributed by atoms with van der Waals surface area (Å²) in [5.41, 5.74) is 11.9. The van der Waals surface area contributed by atoms with Gasteiger partial charge in [-0.05, 0) is 90.9 Å². The van der Waals surface area contributed by atoms with E-state index >= 15 is 0 Å². The predicted molar refractivity (Wildman–Crippen MR) is 186 cm³/mol. The van der Waals surface area contributed by atoms with Crippen LogP contribution in [0, 0.1) is 0 Å². The van der Waals surface area contributed by atoms with Gasteiger partial charge in [-0.2, -0.15) is 0 Å². The molecule has 2 N–H and O–H groups in total. The molecular weight excluding hydrogens is 552 g/mol. The molecule has 5 heteroatoms. The quantitative estimate of drug-likeness (QED) is 0.217. The largest absolute Gasteiger partial charge is 0.458 e. The van der Waals surface area contributed by atoms with Gasteiger partial charge in [-0.15, -0.1) is 0 Å². The van der Waals surface area contributed by atoms with E-state index < -0.39 is 0 Å². The Hall–Kier alpha value is -5.26. The molecule has 1 aliphatic carbocycles. The van der Waals surface area contributed by atoms with Crippen molar-refractivity contribution in [3.05, 3.63) is 139 Å². The second-order valence-corrected chi connectivity index (χ2v) is 12.2. The highest BCUT2D eigenvalue weighted by Gasteiger charge is 2.30. The average Bonchev–Trinajstić information content (AvgIpc) is 3.63. The second-order valence-electron chi connectivity index (χ2n) is 12.2. The van der Waals surface area contributed by atoms with Gasteiger partial charge in [-0.25, -0.2) is 0 Å². The van der Waals surface area contributed by atoms with Crippen molar-refractivity contribution in [3.63, 3.8) is 0 Å². The lowest BCUT2D eigenvalue weighted by Gasteiger charge is -2.37. The fourth-order valence-corrected chi connectivity index (χ4v) is 7.29. The van der Waals surface area contributed by atoms with Crippen LogP contribution in [0.1, 0.15) is 41.9 Å². The summed E-state index contributed by atoms with van der Waals surface area (Å²) in [6.07, 6.45) is 12.6. The number of benzene rings is 4. The van der Waals surface area contributed by atoms with Gasteiger partial charge in [0.1, 0.15) is 11.5 Å². The van der Waals surface area contributed by atoms with E-state index in [4.69, 9.17) is 4.42 Å². The normalized spacial score (nSPS) is 18.2. The molecule has 4 aromatic carbocycles. The number of fused-ring (bicyclic) bond motifs is 7. The number of anilines is 2. The first kappa shape index (κ1) is 26.2. The van der Waals surface area contributed by atoms with Crippen LogP contribution in [0.15, 0.2) is 120 Å². The smallest absolute Gasteiger partial charge is 0.159 e. The molecule has 5 nitrogen and oxygen atoms in total. The molecule has 1 unspecified atom stereocenters. The summed E-state index contributed by atoms with van der Waals surface area (Å²) < 4.78 is 8.55. The first-order valence-electron chi connectivity index (χ1n) is 15.9. The third-order valence-electron chi connectivity index (χ3n) is 9.51. The Morgan fingerprint density at radius 2 is 1.58 bits per heavy atom. The average molecular weight is 587 g/mol. The van der Waals surface area contributed by atoms with E-state index in [1.54, 1.807) is 0 Å². The van der Waals surface area contributed by atoms with Crippen LogP contribution in [0.25, 0.3) is 50.3 Å². The molecule has 0 saturated carbocycles. The van der Waals surface area contributed by atoms with E-state index in [-0.39, 0.29) is 6.29 Å². The maximum absolute atomic E-state index is 6.18. The van der Waals surface area contributed by atoms with Gasteiger partial charge in [0.05, 0.1) is 29.0 Å². The van der Waals surface area contributed by atoms with Crippen LogP contribution >= 0.6 is 0 Å². The van der Waals surface area contributed by atoms with Crippen molar-refractivity contribution >= 4 is 44.8 Å². The minimum atomic E-state index is -0.0997. The highest BCUT2D eigenvalue weighted by molar-refractivity contribution is 6.10. The molecule has 4 heterocycles. The standard InChI is InChI=1S/C40H34N4O/c1-26-11-9-10-22-43(40-41-25-38-39(42-40)31-15-6-8-17-37(31)45-38)34-20-18-27(23-32(26)34)28-19-21-36-33(24-28)30-14-5-7-16-35(30)44(36)29-12-3-2-4-13-29/h2-5,7-8,10,12-14,16-24,40-42H,1,6,9,11,15,25H2/b22-10-. The molecule has 0 spiro atoms. The molecule has 0 radical (unpaired) electrons. The molecule has 45 heavy (non-hydrogen) atoms. The Labute approximate surface area is 262 Å². The third-order valence-corrected chi connectivity index (χ3v) is 9.51. The summed E-state index contributed by atoms with van der Waals surface area (Å²) in [6.45, 7) is 5.24. The maximum Gasteiger partial charge on any atom is 0.159 e. The van der Waals surface area contributed by atoms with Crippen LogP contribution in [0.3, 0.4) is 0 Å². The Balaban J connectivity index is 1.12. The van der Waals surface area contributed by atoms with Crippen molar-refractivity contribution in [2.75, 3.05) is 10.2 Å². The zero-order chi connectivity index (χ0) is 29.9. The van der Waals surface area contributed by atoms with Gasteiger partial charge in [0.2, 0.25) is 0 Å². The number of para-hydroxylation sites is 2. The molecule has 6 aromatic rings. The number of aromatic nitrogens is 1. The molecule has 0 amide bonds. The Kier molecular flexibility index (Phi) is 6.06. The number of nitrogens with one attached hydrogen (secondary N) is 2. The van der Waals surface area contributed by atoms with Crippen molar-refractivity contribution in [1.82, 2.24) is 9.88 Å². The predicted octanol–water partition coefficient (Wildman–Crippen LogP) is 9.63. The molecule has 0 saturated heterocycles. The summed E-state index contributed by atoms with van der Waals surface area (Å²) in [6, 6.07) is 33.1. The number of hydrogen-bond acceptors (Lipinski definition) is 4. The van der Waals surface area contributed by atoms with Gasteiger partial charge in [-0.3, -0.25) is 5.32 Å². The number of hydrogen-bond donors (Lipinski definition) is 2. The highest BCUT2D eigenvalue weighted by atomic mass is 16.3. The molecule has 220 valence electrons. The van der Waals surface area contributed by atoms with E-state index in [0.29, 0.717) is 6.54 Å². The van der Waals surface area contributed by atoms with E-state index in [1.807, 2.05) is 0 Å². The van der Waals surface area contributed by atoms with E-state index in [1.165, 1.54) is 49.7 Å². The Morgan fingerprint density at radius 3 is 2.51 bits per heavy atom. The van der Waals surface area contributed by atoms with Gasteiger partial charge < -0.3 is 19.2 Å². The van der Waals surface area contributed by atoms with Crippen molar-refractivity contribution in [3.8, 4) is 16.8 Å². The zero-order valence-electron chi connectivity index (χ0n) is 25.1. The fourth-order valence-electron chi connectivity index (χ4n) is 7.29. The molecule has 1 atom stereocenters. The maximum atomic E-state index is 6.18. The molecule has 3 aliphatic rings. The number of rotatable bonds is 3. The van der Waals surface area contributed by atoms with E-state index in [9.17, 15) is 0 Å². The summed E-state index contributed by atoms with van der Waals surface area (Å²) in [5.74, 6) is 1.98. The monoisotopic (exact) mass is 586 g/mol. The molecule has 0 fully saturated rings. The van der Waals surface area contributed by atoms with Gasteiger partial charge >= 0.3 is 0 Å². The van der Waals surface area contributed by atoms with Gasteiger partial charge in [0, 0.05) is 33.8 Å². The lowest BCUT2D eigenvalue weighted by atomic mass is 9.94. The molecule has 9 rings (SSSR count). The van der Waals surface area contributed by atoms with Crippen LogP contribution < -0.4 is 15.5 Å². The lowest BCUT2D eigenvalue weighted by molar-refractivity contribution is 0.439. The Bertz CT molecular complexity index is 2180. The second kappa shape index (κ2) is 10.4. The highest BCUT2D eigenvalue weighted by Crippen LogP contribution is 2.40. The molecule has 2 aliphatic heterocycles. The number of nitrogens with zero attached hydrogens (tertiary/aromatic N) is 2. The van der Waals surface area contributed by atoms with Crippen LogP contribution in [-0.2, 0) is 13.0 Å². The molecule has 0 bridgehead atoms. The van der Waals surface area contributed by atoms with Crippen LogP contribution in [0.4, 0.5) is 11.4 Å². The first-order chi connectivity index (χ1) is 22.2. The van der Waals surface area contributed by atoms with Crippen molar-refractivity contribution in [2.45, 2.75) is 38.5 Å². The summed E-state index contributed by atoms with van der Waals surface area (Å²) in [4.78, 5) is 2.32. The first-order valence-corrected chi connectivity index (χ1v) is 15.9. The van der Waals surface area contributed by atoms with Crippen LogP contribution in [0.5, 0.6) is 0 Å². The summed E-state index contributed by atoms with van der Waals surface area (Å²) in [7, 11) is 0. The van der Waals surface area contributed by atoms with Crippen molar-refractivity contribution < 1.29 is 4.42 Å². The minimum Gasteiger partial charge on any atom is -0.458 e. The van der Waals surface area contributed by atoms with E-state index in [2.05, 4.69) is 142 Å². The zero-order valence-corrected chi connectivity index (χ0v) is 25.1. The fraction of sp³-hybridized carbons (Fsp3) is 0.150. The molecular formula is C40H34N4O. The number of furan rings is 1.